The molecule has 0 aliphatic heterocycles. The summed E-state index contributed by atoms with van der Waals surface area (Å²) in [5.74, 6) is 1.55. The van der Waals surface area contributed by atoms with Crippen LogP contribution in [0.3, 0.4) is 0 Å². The Morgan fingerprint density at radius 2 is 2.08 bits per heavy atom. The van der Waals surface area contributed by atoms with Gasteiger partial charge in [0.15, 0.2) is 0 Å². The van der Waals surface area contributed by atoms with E-state index in [1.165, 1.54) is 5.56 Å². The third-order valence-corrected chi connectivity index (χ3v) is 3.04. The molecule has 0 aliphatic rings. The van der Waals surface area contributed by atoms with Crippen molar-refractivity contribution in [2.75, 3.05) is 12.4 Å². The van der Waals surface area contributed by atoms with Gasteiger partial charge < -0.3 is 4.74 Å². The molecule has 72 valence electrons. The van der Waals surface area contributed by atoms with Crippen molar-refractivity contribution in [2.45, 2.75) is 19.3 Å². The third-order valence-electron chi connectivity index (χ3n) is 2.26. The first kappa shape index (κ1) is 10.6. The average molecular weight is 243 g/mol. The van der Waals surface area contributed by atoms with Crippen LogP contribution in [0.1, 0.15) is 24.8 Å². The van der Waals surface area contributed by atoms with Crippen LogP contribution in [0.5, 0.6) is 5.75 Å². The molecule has 1 atom stereocenters. The van der Waals surface area contributed by atoms with E-state index in [0.29, 0.717) is 5.92 Å². The molecule has 0 aromatic heterocycles. The number of halogens is 1. The van der Waals surface area contributed by atoms with E-state index in [9.17, 15) is 0 Å². The monoisotopic (exact) mass is 242 g/mol. The highest BCUT2D eigenvalue weighted by Crippen LogP contribution is 2.29. The van der Waals surface area contributed by atoms with Gasteiger partial charge in [0.1, 0.15) is 5.75 Å². The van der Waals surface area contributed by atoms with E-state index in [-0.39, 0.29) is 0 Å². The zero-order chi connectivity index (χ0) is 9.68. The van der Waals surface area contributed by atoms with E-state index in [4.69, 9.17) is 4.74 Å². The summed E-state index contributed by atoms with van der Waals surface area (Å²) in [6.07, 6.45) is 1.13. The van der Waals surface area contributed by atoms with Gasteiger partial charge in [0.2, 0.25) is 0 Å². The minimum atomic E-state index is 0.552. The van der Waals surface area contributed by atoms with Gasteiger partial charge in [-0.2, -0.15) is 0 Å². The summed E-state index contributed by atoms with van der Waals surface area (Å²) >= 11 is 3.52. The SMILES string of the molecule is CCC(CBr)c1ccccc1OC. The van der Waals surface area contributed by atoms with Crippen molar-refractivity contribution >= 4 is 15.9 Å². The number of benzene rings is 1. The van der Waals surface area contributed by atoms with Crippen LogP contribution in [0.4, 0.5) is 0 Å². The van der Waals surface area contributed by atoms with E-state index in [2.05, 4.69) is 35.0 Å². The lowest BCUT2D eigenvalue weighted by Crippen LogP contribution is -2.01. The van der Waals surface area contributed by atoms with Gasteiger partial charge in [0, 0.05) is 5.33 Å². The maximum absolute atomic E-state index is 5.31. The van der Waals surface area contributed by atoms with Crippen LogP contribution in [0.2, 0.25) is 0 Å². The number of rotatable bonds is 4. The highest BCUT2D eigenvalue weighted by atomic mass is 79.9. The maximum Gasteiger partial charge on any atom is 0.122 e. The molecule has 0 bridgehead atoms. The van der Waals surface area contributed by atoms with Crippen molar-refractivity contribution in [2.24, 2.45) is 0 Å². The number of para-hydroxylation sites is 1. The lowest BCUT2D eigenvalue weighted by atomic mass is 9.98. The molecule has 0 amide bonds. The molecule has 1 nitrogen and oxygen atoms in total. The van der Waals surface area contributed by atoms with Gasteiger partial charge in [0.05, 0.1) is 7.11 Å². The predicted octanol–water partition coefficient (Wildman–Crippen LogP) is 3.58. The lowest BCUT2D eigenvalue weighted by Gasteiger charge is -2.15. The highest BCUT2D eigenvalue weighted by Gasteiger charge is 2.11. The number of hydrogen-bond donors (Lipinski definition) is 0. The molecular formula is C11H15BrO. The Labute approximate surface area is 88.2 Å². The summed E-state index contributed by atoms with van der Waals surface area (Å²) in [4.78, 5) is 0. The first-order valence-electron chi connectivity index (χ1n) is 4.52. The molecule has 1 unspecified atom stereocenters. The van der Waals surface area contributed by atoms with Gasteiger partial charge in [0.25, 0.3) is 0 Å². The number of hydrogen-bond acceptors (Lipinski definition) is 1. The fourth-order valence-corrected chi connectivity index (χ4v) is 2.22. The molecule has 0 saturated heterocycles. The molecule has 0 spiro atoms. The minimum Gasteiger partial charge on any atom is -0.496 e. The van der Waals surface area contributed by atoms with Crippen LogP contribution < -0.4 is 4.74 Å². The quantitative estimate of drug-likeness (QED) is 0.734. The Morgan fingerprint density at radius 1 is 1.38 bits per heavy atom. The van der Waals surface area contributed by atoms with Gasteiger partial charge in [-0.15, -0.1) is 0 Å². The third kappa shape index (κ3) is 2.47. The lowest BCUT2D eigenvalue weighted by molar-refractivity contribution is 0.406. The van der Waals surface area contributed by atoms with Crippen LogP contribution in [-0.2, 0) is 0 Å². The molecule has 0 heterocycles. The molecule has 0 N–H and O–H groups in total. The second kappa shape index (κ2) is 5.28. The molecule has 2 heteroatoms. The van der Waals surface area contributed by atoms with Gasteiger partial charge in [-0.05, 0) is 24.0 Å². The van der Waals surface area contributed by atoms with Crippen molar-refractivity contribution in [3.8, 4) is 5.75 Å². The first-order valence-corrected chi connectivity index (χ1v) is 5.64. The highest BCUT2D eigenvalue weighted by molar-refractivity contribution is 9.09. The summed E-state index contributed by atoms with van der Waals surface area (Å²) in [7, 11) is 1.72. The normalized spacial score (nSPS) is 12.5. The Morgan fingerprint density at radius 3 is 2.62 bits per heavy atom. The van der Waals surface area contributed by atoms with Crippen molar-refractivity contribution in [3.05, 3.63) is 29.8 Å². The Bertz CT molecular complexity index is 256. The van der Waals surface area contributed by atoms with Gasteiger partial charge in [-0.3, -0.25) is 0 Å². The van der Waals surface area contributed by atoms with Crippen LogP contribution in [-0.4, -0.2) is 12.4 Å². The van der Waals surface area contributed by atoms with Crippen LogP contribution in [0, 0.1) is 0 Å². The first-order chi connectivity index (χ1) is 6.33. The molecule has 0 saturated carbocycles. The van der Waals surface area contributed by atoms with Crippen LogP contribution in [0.15, 0.2) is 24.3 Å². The number of ether oxygens (including phenoxy) is 1. The molecular weight excluding hydrogens is 228 g/mol. The standard InChI is InChI=1S/C11H15BrO/c1-3-9(8-12)10-6-4-5-7-11(10)13-2/h4-7,9H,3,8H2,1-2H3. The molecule has 1 aromatic rings. The van der Waals surface area contributed by atoms with Crippen LogP contribution in [0.25, 0.3) is 0 Å². The summed E-state index contributed by atoms with van der Waals surface area (Å²) in [5, 5.41) is 0.990. The zero-order valence-electron chi connectivity index (χ0n) is 8.09. The van der Waals surface area contributed by atoms with Gasteiger partial charge >= 0.3 is 0 Å². The molecule has 1 rings (SSSR count). The second-order valence-corrected chi connectivity index (χ2v) is 3.65. The predicted molar refractivity (Wildman–Crippen MR) is 59.8 cm³/mol. The largest absolute Gasteiger partial charge is 0.496 e. The van der Waals surface area contributed by atoms with E-state index in [1.54, 1.807) is 7.11 Å². The molecule has 13 heavy (non-hydrogen) atoms. The fourth-order valence-electron chi connectivity index (χ4n) is 1.42. The summed E-state index contributed by atoms with van der Waals surface area (Å²) in [6, 6.07) is 8.21. The Kier molecular flexibility index (Phi) is 4.29. The summed E-state index contributed by atoms with van der Waals surface area (Å²) in [5.41, 5.74) is 1.30. The van der Waals surface area contributed by atoms with Crippen molar-refractivity contribution in [1.29, 1.82) is 0 Å². The second-order valence-electron chi connectivity index (χ2n) is 3.00. The summed E-state index contributed by atoms with van der Waals surface area (Å²) < 4.78 is 5.31. The fraction of sp³-hybridized carbons (Fsp3) is 0.455. The molecule has 1 aromatic carbocycles. The van der Waals surface area contributed by atoms with Crippen LogP contribution >= 0.6 is 15.9 Å². The smallest absolute Gasteiger partial charge is 0.122 e. The summed E-state index contributed by atoms with van der Waals surface area (Å²) in [6.45, 7) is 2.19. The Balaban J connectivity index is 2.96. The van der Waals surface area contributed by atoms with Crippen molar-refractivity contribution in [1.82, 2.24) is 0 Å². The van der Waals surface area contributed by atoms with Crippen molar-refractivity contribution < 1.29 is 4.74 Å². The van der Waals surface area contributed by atoms with E-state index < -0.39 is 0 Å². The van der Waals surface area contributed by atoms with E-state index in [1.807, 2.05) is 12.1 Å². The number of methoxy groups -OCH3 is 1. The van der Waals surface area contributed by atoms with E-state index >= 15 is 0 Å². The van der Waals surface area contributed by atoms with Gasteiger partial charge in [-0.25, -0.2) is 0 Å². The number of alkyl halides is 1. The van der Waals surface area contributed by atoms with Gasteiger partial charge in [-0.1, -0.05) is 41.1 Å². The Hall–Kier alpha value is -0.500. The topological polar surface area (TPSA) is 9.23 Å². The molecule has 0 aliphatic carbocycles. The maximum atomic E-state index is 5.31. The zero-order valence-corrected chi connectivity index (χ0v) is 9.67. The molecule has 0 radical (unpaired) electrons. The average Bonchev–Trinajstić information content (AvgIpc) is 2.20. The molecule has 0 fully saturated rings. The minimum absolute atomic E-state index is 0.552. The van der Waals surface area contributed by atoms with E-state index in [0.717, 1.165) is 17.5 Å². The van der Waals surface area contributed by atoms with Crippen molar-refractivity contribution in [3.63, 3.8) is 0 Å².